The molecule has 2 aromatic carbocycles. The molecule has 0 heterocycles. The van der Waals surface area contributed by atoms with Crippen molar-refractivity contribution in [1.82, 2.24) is 0 Å². The van der Waals surface area contributed by atoms with Gasteiger partial charge in [0, 0.05) is 6.07 Å². The standard InChI is InChI=1S/C17H15BrClN3O5/c1-2-27-15-8-7-11(9-12(15)18)21(16(23)10-19)17(24)20-13-5-3-4-6-14(13)22(25)26/h3-9H,2,10H2,1H3,(H,20,24). The predicted molar refractivity (Wildman–Crippen MR) is 106 cm³/mol. The van der Waals surface area contributed by atoms with E-state index in [0.717, 1.165) is 4.90 Å². The van der Waals surface area contributed by atoms with Crippen molar-refractivity contribution in [3.05, 3.63) is 57.1 Å². The number of nitro benzene ring substituents is 1. The van der Waals surface area contributed by atoms with Crippen LogP contribution < -0.4 is 15.0 Å². The maximum absolute atomic E-state index is 12.7. The highest BCUT2D eigenvalue weighted by atomic mass is 79.9. The molecule has 0 bridgehead atoms. The second-order valence-corrected chi connectivity index (χ2v) is 6.24. The normalized spacial score (nSPS) is 10.2. The highest BCUT2D eigenvalue weighted by Crippen LogP contribution is 2.31. The molecule has 142 valence electrons. The van der Waals surface area contributed by atoms with E-state index in [4.69, 9.17) is 16.3 Å². The van der Waals surface area contributed by atoms with E-state index < -0.39 is 22.7 Å². The first-order valence-electron chi connectivity index (χ1n) is 7.74. The van der Waals surface area contributed by atoms with Crippen molar-refractivity contribution in [3.8, 4) is 5.75 Å². The van der Waals surface area contributed by atoms with Gasteiger partial charge in [-0.1, -0.05) is 12.1 Å². The van der Waals surface area contributed by atoms with Crippen LogP contribution in [0.15, 0.2) is 46.9 Å². The molecule has 0 radical (unpaired) electrons. The van der Waals surface area contributed by atoms with Crippen LogP contribution in [-0.2, 0) is 4.79 Å². The second-order valence-electron chi connectivity index (χ2n) is 5.11. The minimum absolute atomic E-state index is 0.0372. The lowest BCUT2D eigenvalue weighted by Gasteiger charge is -2.21. The molecule has 0 fully saturated rings. The van der Waals surface area contributed by atoms with Gasteiger partial charge in [-0.2, -0.15) is 0 Å². The Morgan fingerprint density at radius 3 is 2.59 bits per heavy atom. The van der Waals surface area contributed by atoms with Gasteiger partial charge in [-0.05, 0) is 47.1 Å². The number of nitrogens with zero attached hydrogens (tertiary/aromatic N) is 2. The van der Waals surface area contributed by atoms with E-state index in [0.29, 0.717) is 16.8 Å². The Balaban J connectivity index is 2.37. The Bertz CT molecular complexity index is 877. The van der Waals surface area contributed by atoms with Crippen LogP contribution in [0, 0.1) is 10.1 Å². The number of ether oxygens (including phenoxy) is 1. The summed E-state index contributed by atoms with van der Waals surface area (Å²) in [4.78, 5) is 36.2. The Hall–Kier alpha value is -2.65. The molecule has 0 aliphatic rings. The van der Waals surface area contributed by atoms with Gasteiger partial charge in [0.1, 0.15) is 17.3 Å². The Kier molecular flexibility index (Phi) is 7.14. The molecule has 0 unspecified atom stereocenters. The molecule has 8 nitrogen and oxygen atoms in total. The number of imide groups is 1. The number of para-hydroxylation sites is 2. The van der Waals surface area contributed by atoms with Gasteiger partial charge in [0.2, 0.25) is 5.91 Å². The largest absolute Gasteiger partial charge is 0.493 e. The third-order valence-corrected chi connectivity index (χ3v) is 4.23. The number of nitrogens with one attached hydrogen (secondary N) is 1. The number of rotatable bonds is 6. The molecule has 3 amide bonds. The van der Waals surface area contributed by atoms with Crippen LogP contribution in [0.2, 0.25) is 0 Å². The van der Waals surface area contributed by atoms with Crippen LogP contribution >= 0.6 is 27.5 Å². The number of amides is 3. The molecule has 10 heteroatoms. The average Bonchev–Trinajstić information content (AvgIpc) is 2.64. The van der Waals surface area contributed by atoms with Crippen LogP contribution in [0.4, 0.5) is 21.9 Å². The van der Waals surface area contributed by atoms with Crippen LogP contribution in [0.3, 0.4) is 0 Å². The molecule has 2 rings (SSSR count). The van der Waals surface area contributed by atoms with E-state index in [1.165, 1.54) is 36.4 Å². The van der Waals surface area contributed by atoms with E-state index in [1.807, 2.05) is 6.92 Å². The second kappa shape index (κ2) is 9.33. The SMILES string of the molecule is CCOc1ccc(N(C(=O)CCl)C(=O)Nc2ccccc2[N+](=O)[O-])cc1Br. The fraction of sp³-hybridized carbons (Fsp3) is 0.176. The third kappa shape index (κ3) is 4.95. The van der Waals surface area contributed by atoms with Gasteiger partial charge in [-0.3, -0.25) is 14.9 Å². The van der Waals surface area contributed by atoms with Crippen molar-refractivity contribution in [3.63, 3.8) is 0 Å². The number of halogens is 2. The van der Waals surface area contributed by atoms with Gasteiger partial charge in [0.25, 0.3) is 5.69 Å². The Morgan fingerprint density at radius 2 is 2.00 bits per heavy atom. The predicted octanol–water partition coefficient (Wildman–Crippen LogP) is 4.56. The number of hydrogen-bond acceptors (Lipinski definition) is 5. The Morgan fingerprint density at radius 1 is 1.30 bits per heavy atom. The maximum Gasteiger partial charge on any atom is 0.333 e. The zero-order chi connectivity index (χ0) is 20.0. The number of anilines is 2. The minimum Gasteiger partial charge on any atom is -0.493 e. The van der Waals surface area contributed by atoms with Crippen LogP contribution in [0.5, 0.6) is 5.75 Å². The van der Waals surface area contributed by atoms with Crippen molar-refractivity contribution in [1.29, 1.82) is 0 Å². The van der Waals surface area contributed by atoms with E-state index in [2.05, 4.69) is 21.2 Å². The number of benzene rings is 2. The van der Waals surface area contributed by atoms with E-state index >= 15 is 0 Å². The highest BCUT2D eigenvalue weighted by Gasteiger charge is 2.26. The number of carbonyl (C=O) groups excluding carboxylic acids is 2. The summed E-state index contributed by atoms with van der Waals surface area (Å²) in [7, 11) is 0. The number of hydrogen-bond donors (Lipinski definition) is 1. The molecule has 0 atom stereocenters. The summed E-state index contributed by atoms with van der Waals surface area (Å²) in [6.07, 6.45) is 0. The van der Waals surface area contributed by atoms with Crippen LogP contribution in [0.25, 0.3) is 0 Å². The smallest absolute Gasteiger partial charge is 0.333 e. The van der Waals surface area contributed by atoms with Gasteiger partial charge < -0.3 is 10.1 Å². The van der Waals surface area contributed by atoms with Gasteiger partial charge >= 0.3 is 6.03 Å². The van der Waals surface area contributed by atoms with Crippen LogP contribution in [0.1, 0.15) is 6.92 Å². The molecule has 1 N–H and O–H groups in total. The van der Waals surface area contributed by atoms with E-state index in [9.17, 15) is 19.7 Å². The first-order chi connectivity index (χ1) is 12.9. The summed E-state index contributed by atoms with van der Waals surface area (Å²) in [5, 5.41) is 13.5. The summed E-state index contributed by atoms with van der Waals surface area (Å²) in [5.41, 5.74) is -0.103. The summed E-state index contributed by atoms with van der Waals surface area (Å²) >= 11 is 8.95. The number of urea groups is 1. The monoisotopic (exact) mass is 455 g/mol. The zero-order valence-corrected chi connectivity index (χ0v) is 16.5. The van der Waals surface area contributed by atoms with E-state index in [-0.39, 0.29) is 17.1 Å². The van der Waals surface area contributed by atoms with Crippen molar-refractivity contribution in [2.75, 3.05) is 22.7 Å². The molecular weight excluding hydrogens is 442 g/mol. The molecule has 0 aliphatic heterocycles. The molecular formula is C17H15BrClN3O5. The minimum atomic E-state index is -0.869. The quantitative estimate of drug-likeness (QED) is 0.390. The first-order valence-corrected chi connectivity index (χ1v) is 9.07. The topological polar surface area (TPSA) is 102 Å². The fourth-order valence-electron chi connectivity index (χ4n) is 2.25. The third-order valence-electron chi connectivity index (χ3n) is 3.38. The number of carbonyl (C=O) groups is 2. The summed E-state index contributed by atoms with van der Waals surface area (Å²) < 4.78 is 5.94. The lowest BCUT2D eigenvalue weighted by Crippen LogP contribution is -2.41. The number of alkyl halides is 1. The van der Waals surface area contributed by atoms with Gasteiger partial charge in [-0.15, -0.1) is 11.6 Å². The van der Waals surface area contributed by atoms with E-state index in [1.54, 1.807) is 6.07 Å². The fourth-order valence-corrected chi connectivity index (χ4v) is 2.85. The lowest BCUT2D eigenvalue weighted by atomic mass is 10.2. The highest BCUT2D eigenvalue weighted by molar-refractivity contribution is 9.10. The summed E-state index contributed by atoms with van der Waals surface area (Å²) in [5.74, 6) is -0.600. The Labute approximate surface area is 168 Å². The molecule has 2 aromatic rings. The molecule has 0 aromatic heterocycles. The zero-order valence-electron chi connectivity index (χ0n) is 14.1. The first kappa shape index (κ1) is 20.7. The van der Waals surface area contributed by atoms with Gasteiger partial charge in [0.05, 0.1) is 21.7 Å². The maximum atomic E-state index is 12.7. The molecule has 0 saturated heterocycles. The van der Waals surface area contributed by atoms with Crippen molar-refractivity contribution >= 4 is 56.5 Å². The van der Waals surface area contributed by atoms with Crippen LogP contribution in [-0.4, -0.2) is 29.3 Å². The summed E-state index contributed by atoms with van der Waals surface area (Å²) in [6.45, 7) is 2.27. The van der Waals surface area contributed by atoms with Crippen molar-refractivity contribution in [2.24, 2.45) is 0 Å². The van der Waals surface area contributed by atoms with Crippen molar-refractivity contribution in [2.45, 2.75) is 6.92 Å². The van der Waals surface area contributed by atoms with Gasteiger partial charge in [0.15, 0.2) is 0 Å². The average molecular weight is 457 g/mol. The summed E-state index contributed by atoms with van der Waals surface area (Å²) in [6, 6.07) is 9.38. The molecule has 27 heavy (non-hydrogen) atoms. The molecule has 0 saturated carbocycles. The van der Waals surface area contributed by atoms with Gasteiger partial charge in [-0.25, -0.2) is 9.69 Å². The number of nitro groups is 1. The van der Waals surface area contributed by atoms with Crippen molar-refractivity contribution < 1.29 is 19.2 Å². The molecule has 0 spiro atoms. The lowest BCUT2D eigenvalue weighted by molar-refractivity contribution is -0.383. The molecule has 0 aliphatic carbocycles.